The summed E-state index contributed by atoms with van der Waals surface area (Å²) in [6.45, 7) is 7.57. The molecule has 0 heterocycles. The molecule has 0 bridgehead atoms. The summed E-state index contributed by atoms with van der Waals surface area (Å²) < 4.78 is 29.0. The molecule has 0 unspecified atom stereocenters. The van der Waals surface area contributed by atoms with Crippen molar-refractivity contribution < 1.29 is 18.0 Å². The summed E-state index contributed by atoms with van der Waals surface area (Å²) in [6, 6.07) is 20.0. The number of halogens is 1. The van der Waals surface area contributed by atoms with Gasteiger partial charge in [0.05, 0.1) is 10.6 Å². The highest BCUT2D eigenvalue weighted by atomic mass is 35.5. The minimum absolute atomic E-state index is 0.0580. The normalized spacial score (nSPS) is 12.0. The van der Waals surface area contributed by atoms with E-state index < -0.39 is 28.5 Å². The number of hydrogen-bond donors (Lipinski definition) is 1. The summed E-state index contributed by atoms with van der Waals surface area (Å²) in [4.78, 5) is 28.7. The summed E-state index contributed by atoms with van der Waals surface area (Å²) >= 11 is 6.28. The van der Waals surface area contributed by atoms with Gasteiger partial charge >= 0.3 is 0 Å². The monoisotopic (exact) mass is 569 g/mol. The van der Waals surface area contributed by atoms with Crippen molar-refractivity contribution in [1.82, 2.24) is 10.2 Å². The maximum absolute atomic E-state index is 14.0. The number of aryl methyl sites for hydroxylation is 2. The van der Waals surface area contributed by atoms with Gasteiger partial charge in [0.2, 0.25) is 11.8 Å². The zero-order chi connectivity index (χ0) is 28.6. The molecule has 0 aliphatic carbocycles. The van der Waals surface area contributed by atoms with Gasteiger partial charge in [0.15, 0.2) is 0 Å². The van der Waals surface area contributed by atoms with Gasteiger partial charge in [0.25, 0.3) is 10.0 Å². The molecule has 1 N–H and O–H groups in total. The van der Waals surface area contributed by atoms with Crippen molar-refractivity contribution in [3.05, 3.63) is 94.5 Å². The zero-order valence-electron chi connectivity index (χ0n) is 22.9. The van der Waals surface area contributed by atoms with Crippen LogP contribution in [-0.2, 0) is 26.2 Å². The van der Waals surface area contributed by atoms with Crippen molar-refractivity contribution in [3.8, 4) is 0 Å². The standard InChI is InChI=1S/C30H36ClN3O4S/c1-5-18-32-30(36)27(6-2)33(20-24-10-8-7-9-11-24)29(35)21-34(28-19-25(31)15-14-23(28)4)39(37,38)26-16-12-22(3)13-17-26/h7-17,19,27H,5-6,18,20-21H2,1-4H3,(H,32,36)/t27-/m1/s1. The summed E-state index contributed by atoms with van der Waals surface area (Å²) in [5.74, 6) is -0.761. The van der Waals surface area contributed by atoms with Crippen LogP contribution in [0.25, 0.3) is 0 Å². The molecule has 0 saturated heterocycles. The third-order valence-electron chi connectivity index (χ3n) is 6.46. The van der Waals surface area contributed by atoms with Crippen molar-refractivity contribution in [2.24, 2.45) is 0 Å². The average Bonchev–Trinajstić information content (AvgIpc) is 2.92. The van der Waals surface area contributed by atoms with Crippen LogP contribution in [0.15, 0.2) is 77.7 Å². The van der Waals surface area contributed by atoms with Crippen LogP contribution < -0.4 is 9.62 Å². The lowest BCUT2D eigenvalue weighted by Gasteiger charge is -2.33. The Morgan fingerprint density at radius 3 is 2.23 bits per heavy atom. The fourth-order valence-corrected chi connectivity index (χ4v) is 5.90. The van der Waals surface area contributed by atoms with Crippen LogP contribution in [0.1, 0.15) is 43.4 Å². The Morgan fingerprint density at radius 1 is 0.949 bits per heavy atom. The van der Waals surface area contributed by atoms with E-state index in [1.54, 1.807) is 37.3 Å². The highest BCUT2D eigenvalue weighted by molar-refractivity contribution is 7.92. The van der Waals surface area contributed by atoms with Crippen LogP contribution >= 0.6 is 11.6 Å². The number of nitrogens with zero attached hydrogens (tertiary/aromatic N) is 2. The van der Waals surface area contributed by atoms with Crippen molar-refractivity contribution in [3.63, 3.8) is 0 Å². The number of carbonyl (C=O) groups is 2. The lowest BCUT2D eigenvalue weighted by Crippen LogP contribution is -2.52. The topological polar surface area (TPSA) is 86.8 Å². The number of amides is 2. The van der Waals surface area contributed by atoms with Crippen LogP contribution in [0.2, 0.25) is 5.02 Å². The number of nitrogens with one attached hydrogen (secondary N) is 1. The van der Waals surface area contributed by atoms with Gasteiger partial charge in [-0.1, -0.05) is 79.5 Å². The molecule has 1 atom stereocenters. The number of anilines is 1. The largest absolute Gasteiger partial charge is 0.354 e. The van der Waals surface area contributed by atoms with E-state index in [4.69, 9.17) is 11.6 Å². The molecule has 3 aromatic carbocycles. The molecule has 7 nitrogen and oxygen atoms in total. The predicted molar refractivity (Wildman–Crippen MR) is 156 cm³/mol. The third kappa shape index (κ3) is 7.61. The van der Waals surface area contributed by atoms with Gasteiger partial charge in [-0.2, -0.15) is 0 Å². The molecule has 0 aliphatic heterocycles. The summed E-state index contributed by atoms with van der Waals surface area (Å²) in [5, 5.41) is 3.23. The SMILES string of the molecule is CCCNC(=O)[C@@H](CC)N(Cc1ccccc1)C(=O)CN(c1cc(Cl)ccc1C)S(=O)(=O)c1ccc(C)cc1. The van der Waals surface area contributed by atoms with Gasteiger partial charge in [0.1, 0.15) is 12.6 Å². The van der Waals surface area contributed by atoms with E-state index in [1.807, 2.05) is 51.1 Å². The molecule has 0 spiro atoms. The number of hydrogen-bond acceptors (Lipinski definition) is 4. The summed E-state index contributed by atoms with van der Waals surface area (Å²) in [5.41, 5.74) is 2.69. The quantitative estimate of drug-likeness (QED) is 0.313. The number of carbonyl (C=O) groups excluding carboxylic acids is 2. The van der Waals surface area contributed by atoms with Crippen LogP contribution in [-0.4, -0.2) is 44.3 Å². The fraction of sp³-hybridized carbons (Fsp3) is 0.333. The third-order valence-corrected chi connectivity index (χ3v) is 8.47. The van der Waals surface area contributed by atoms with Gasteiger partial charge in [-0.3, -0.25) is 13.9 Å². The van der Waals surface area contributed by atoms with Crippen molar-refractivity contribution in [2.45, 2.75) is 58.0 Å². The second-order valence-corrected chi connectivity index (χ2v) is 11.8. The van der Waals surface area contributed by atoms with Crippen LogP contribution in [0.5, 0.6) is 0 Å². The summed E-state index contributed by atoms with van der Waals surface area (Å²) in [6.07, 6.45) is 1.13. The minimum Gasteiger partial charge on any atom is -0.354 e. The first-order chi connectivity index (χ1) is 18.6. The smallest absolute Gasteiger partial charge is 0.264 e. The van der Waals surface area contributed by atoms with E-state index >= 15 is 0 Å². The van der Waals surface area contributed by atoms with Crippen molar-refractivity contribution >= 4 is 39.1 Å². The maximum atomic E-state index is 14.0. The molecule has 2 amide bonds. The Balaban J connectivity index is 2.08. The second kappa shape index (κ2) is 13.6. The van der Waals surface area contributed by atoms with Gasteiger partial charge in [-0.25, -0.2) is 8.42 Å². The molecule has 9 heteroatoms. The first kappa shape index (κ1) is 30.2. The number of rotatable bonds is 12. The second-order valence-electron chi connectivity index (χ2n) is 9.48. The van der Waals surface area contributed by atoms with E-state index in [-0.39, 0.29) is 17.3 Å². The maximum Gasteiger partial charge on any atom is 0.264 e. The molecule has 208 valence electrons. The van der Waals surface area contributed by atoms with E-state index in [0.717, 1.165) is 21.9 Å². The molecular weight excluding hydrogens is 534 g/mol. The molecule has 0 radical (unpaired) electrons. The van der Waals surface area contributed by atoms with E-state index in [9.17, 15) is 18.0 Å². The molecular formula is C30H36ClN3O4S. The molecule has 0 aliphatic rings. The molecule has 3 aromatic rings. The lowest BCUT2D eigenvalue weighted by molar-refractivity contribution is -0.140. The molecule has 0 fully saturated rings. The van der Waals surface area contributed by atoms with E-state index in [0.29, 0.717) is 29.2 Å². The Hall–Kier alpha value is -3.36. The molecule has 0 aromatic heterocycles. The highest BCUT2D eigenvalue weighted by Crippen LogP contribution is 2.30. The van der Waals surface area contributed by atoms with E-state index in [2.05, 4.69) is 5.32 Å². The Kier molecular flexibility index (Phi) is 10.5. The zero-order valence-corrected chi connectivity index (χ0v) is 24.4. The highest BCUT2D eigenvalue weighted by Gasteiger charge is 2.34. The van der Waals surface area contributed by atoms with Crippen molar-refractivity contribution in [1.29, 1.82) is 0 Å². The van der Waals surface area contributed by atoms with Gasteiger partial charge in [-0.05, 0) is 62.1 Å². The van der Waals surface area contributed by atoms with E-state index in [1.165, 1.54) is 17.0 Å². The Morgan fingerprint density at radius 2 is 1.62 bits per heavy atom. The molecule has 0 saturated carbocycles. The predicted octanol–water partition coefficient (Wildman–Crippen LogP) is 5.49. The van der Waals surface area contributed by atoms with Gasteiger partial charge in [-0.15, -0.1) is 0 Å². The first-order valence-electron chi connectivity index (χ1n) is 13.0. The molecule has 39 heavy (non-hydrogen) atoms. The average molecular weight is 570 g/mol. The Bertz CT molecular complexity index is 1380. The van der Waals surface area contributed by atoms with Gasteiger partial charge < -0.3 is 10.2 Å². The van der Waals surface area contributed by atoms with Crippen LogP contribution in [0.4, 0.5) is 5.69 Å². The Labute approximate surface area is 236 Å². The van der Waals surface area contributed by atoms with Crippen molar-refractivity contribution in [2.75, 3.05) is 17.4 Å². The van der Waals surface area contributed by atoms with Crippen LogP contribution in [0.3, 0.4) is 0 Å². The van der Waals surface area contributed by atoms with Gasteiger partial charge in [0, 0.05) is 18.1 Å². The van der Waals surface area contributed by atoms with Crippen LogP contribution in [0, 0.1) is 13.8 Å². The molecule has 3 rings (SSSR count). The first-order valence-corrected chi connectivity index (χ1v) is 14.9. The minimum atomic E-state index is -4.15. The number of sulfonamides is 1. The summed E-state index contributed by atoms with van der Waals surface area (Å²) in [7, 11) is -4.15. The fourth-order valence-electron chi connectivity index (χ4n) is 4.27. The lowest BCUT2D eigenvalue weighted by atomic mass is 10.1. The number of benzene rings is 3.